The van der Waals surface area contributed by atoms with Gasteiger partial charge in [-0.3, -0.25) is 0 Å². The number of ether oxygens (including phenoxy) is 1. The Balaban J connectivity index is 1.73. The first-order valence-electron chi connectivity index (χ1n) is 7.23. The highest BCUT2D eigenvalue weighted by Crippen LogP contribution is 2.22. The minimum absolute atomic E-state index is 0.0991. The van der Waals surface area contributed by atoms with E-state index in [9.17, 15) is 4.39 Å². The van der Waals surface area contributed by atoms with Crippen molar-refractivity contribution in [3.8, 4) is 0 Å². The van der Waals surface area contributed by atoms with Crippen LogP contribution >= 0.6 is 0 Å². The normalized spacial score (nSPS) is 12.5. The summed E-state index contributed by atoms with van der Waals surface area (Å²) < 4.78 is 24.5. The first kappa shape index (κ1) is 14.5. The van der Waals surface area contributed by atoms with Crippen LogP contribution in [-0.4, -0.2) is 18.1 Å². The Labute approximate surface area is 127 Å². The van der Waals surface area contributed by atoms with Crippen LogP contribution in [0.1, 0.15) is 18.6 Å². The summed E-state index contributed by atoms with van der Waals surface area (Å²) in [4.78, 5) is 4.23. The zero-order valence-electron chi connectivity index (χ0n) is 12.3. The van der Waals surface area contributed by atoms with E-state index in [1.807, 2.05) is 37.3 Å². The molecule has 5 heteroatoms. The number of rotatable bonds is 6. The molecule has 2 aromatic carbocycles. The van der Waals surface area contributed by atoms with E-state index in [0.29, 0.717) is 30.3 Å². The molecular weight excluding hydrogens is 283 g/mol. The molecule has 3 aromatic rings. The molecule has 1 heterocycles. The Morgan fingerprint density at radius 1 is 1.23 bits per heavy atom. The zero-order valence-corrected chi connectivity index (χ0v) is 12.3. The monoisotopic (exact) mass is 300 g/mol. The van der Waals surface area contributed by atoms with Gasteiger partial charge in [0.1, 0.15) is 11.3 Å². The molecule has 0 fully saturated rings. The lowest BCUT2D eigenvalue weighted by Crippen LogP contribution is -2.16. The number of benzene rings is 2. The molecule has 22 heavy (non-hydrogen) atoms. The van der Waals surface area contributed by atoms with Crippen molar-refractivity contribution in [1.82, 2.24) is 4.98 Å². The molecule has 4 nitrogen and oxygen atoms in total. The molecule has 1 atom stereocenters. The number of fused-ring (bicyclic) bond motifs is 1. The lowest BCUT2D eigenvalue weighted by molar-refractivity contribution is 0.0715. The minimum Gasteiger partial charge on any atom is -0.424 e. The van der Waals surface area contributed by atoms with E-state index < -0.39 is 0 Å². The molecule has 0 saturated carbocycles. The van der Waals surface area contributed by atoms with Crippen LogP contribution < -0.4 is 5.32 Å². The Morgan fingerprint density at radius 3 is 2.82 bits per heavy atom. The van der Waals surface area contributed by atoms with Gasteiger partial charge in [-0.2, -0.15) is 4.98 Å². The van der Waals surface area contributed by atoms with Crippen LogP contribution in [0.4, 0.5) is 10.4 Å². The number of halogens is 1. The van der Waals surface area contributed by atoms with Gasteiger partial charge in [-0.1, -0.05) is 30.3 Å². The summed E-state index contributed by atoms with van der Waals surface area (Å²) in [5, 5.41) is 3.11. The molecular formula is C17H17FN2O2. The van der Waals surface area contributed by atoms with Gasteiger partial charge in [0.15, 0.2) is 5.58 Å². The lowest BCUT2D eigenvalue weighted by atomic mass is 10.1. The van der Waals surface area contributed by atoms with Gasteiger partial charge in [0.05, 0.1) is 6.10 Å². The molecule has 0 bridgehead atoms. The van der Waals surface area contributed by atoms with E-state index >= 15 is 0 Å². The van der Waals surface area contributed by atoms with Gasteiger partial charge in [0.2, 0.25) is 0 Å². The van der Waals surface area contributed by atoms with Gasteiger partial charge in [-0.25, -0.2) is 4.39 Å². The summed E-state index contributed by atoms with van der Waals surface area (Å²) in [5.41, 5.74) is 2.13. The molecule has 1 N–H and O–H groups in total. The SMILES string of the molecule is CCOC(CNc1nc2cc(F)ccc2o1)c1ccccc1. The van der Waals surface area contributed by atoms with Crippen molar-refractivity contribution in [1.29, 1.82) is 0 Å². The predicted molar refractivity (Wildman–Crippen MR) is 83.3 cm³/mol. The van der Waals surface area contributed by atoms with E-state index in [4.69, 9.17) is 9.15 Å². The van der Waals surface area contributed by atoms with Gasteiger partial charge in [-0.15, -0.1) is 0 Å². The molecule has 3 rings (SSSR count). The summed E-state index contributed by atoms with van der Waals surface area (Å²) in [6.45, 7) is 3.09. The van der Waals surface area contributed by atoms with Crippen LogP contribution in [0.3, 0.4) is 0 Å². The molecule has 0 aliphatic rings. The van der Waals surface area contributed by atoms with Crippen LogP contribution in [-0.2, 0) is 4.74 Å². The number of hydrogen-bond acceptors (Lipinski definition) is 4. The van der Waals surface area contributed by atoms with Gasteiger partial charge >= 0.3 is 0 Å². The van der Waals surface area contributed by atoms with E-state index in [2.05, 4.69) is 10.3 Å². The third-order valence-corrected chi connectivity index (χ3v) is 3.33. The minimum atomic E-state index is -0.330. The number of nitrogens with one attached hydrogen (secondary N) is 1. The van der Waals surface area contributed by atoms with Gasteiger partial charge in [-0.05, 0) is 24.6 Å². The van der Waals surface area contributed by atoms with Crippen molar-refractivity contribution in [3.05, 3.63) is 59.9 Å². The van der Waals surface area contributed by atoms with Crippen molar-refractivity contribution >= 4 is 17.1 Å². The van der Waals surface area contributed by atoms with Crippen molar-refractivity contribution in [2.24, 2.45) is 0 Å². The fourth-order valence-electron chi connectivity index (χ4n) is 2.30. The summed E-state index contributed by atoms with van der Waals surface area (Å²) in [6, 6.07) is 14.6. The van der Waals surface area contributed by atoms with E-state index in [1.165, 1.54) is 12.1 Å². The van der Waals surface area contributed by atoms with Crippen LogP contribution in [0.25, 0.3) is 11.1 Å². The number of nitrogens with zero attached hydrogens (tertiary/aromatic N) is 1. The molecule has 0 spiro atoms. The largest absolute Gasteiger partial charge is 0.424 e. The molecule has 0 radical (unpaired) electrons. The highest BCUT2D eigenvalue weighted by molar-refractivity contribution is 5.74. The molecule has 0 saturated heterocycles. The second kappa shape index (κ2) is 6.58. The van der Waals surface area contributed by atoms with E-state index in [1.54, 1.807) is 6.07 Å². The quantitative estimate of drug-likeness (QED) is 0.742. The smallest absolute Gasteiger partial charge is 0.295 e. The number of anilines is 1. The maximum Gasteiger partial charge on any atom is 0.295 e. The average molecular weight is 300 g/mol. The molecule has 0 aliphatic heterocycles. The summed E-state index contributed by atoms with van der Waals surface area (Å²) in [5.74, 6) is -0.330. The molecule has 1 aromatic heterocycles. The maximum atomic E-state index is 13.2. The second-order valence-electron chi connectivity index (χ2n) is 4.87. The molecule has 114 valence electrons. The van der Waals surface area contributed by atoms with Gasteiger partial charge in [0.25, 0.3) is 6.01 Å². The zero-order chi connectivity index (χ0) is 15.4. The summed E-state index contributed by atoms with van der Waals surface area (Å²) in [6.07, 6.45) is -0.0991. The predicted octanol–water partition coefficient (Wildman–Crippen LogP) is 4.16. The number of oxazole rings is 1. The van der Waals surface area contributed by atoms with Gasteiger partial charge in [0, 0.05) is 19.2 Å². The fourth-order valence-corrected chi connectivity index (χ4v) is 2.30. The van der Waals surface area contributed by atoms with Crippen LogP contribution in [0.2, 0.25) is 0 Å². The Bertz CT molecular complexity index is 743. The standard InChI is InChI=1S/C17H17FN2O2/c1-2-21-16(12-6-4-3-5-7-12)11-19-17-20-14-10-13(18)8-9-15(14)22-17/h3-10,16H,2,11H2,1H3,(H,19,20). The lowest BCUT2D eigenvalue weighted by Gasteiger charge is -2.17. The number of hydrogen-bond donors (Lipinski definition) is 1. The number of aromatic nitrogens is 1. The third-order valence-electron chi connectivity index (χ3n) is 3.33. The Morgan fingerprint density at radius 2 is 2.05 bits per heavy atom. The van der Waals surface area contributed by atoms with Crippen molar-refractivity contribution in [2.75, 3.05) is 18.5 Å². The molecule has 0 amide bonds. The van der Waals surface area contributed by atoms with Crippen LogP contribution in [0.5, 0.6) is 0 Å². The Kier molecular flexibility index (Phi) is 4.34. The highest BCUT2D eigenvalue weighted by Gasteiger charge is 2.13. The van der Waals surface area contributed by atoms with Crippen molar-refractivity contribution in [3.63, 3.8) is 0 Å². The first-order chi connectivity index (χ1) is 10.8. The third kappa shape index (κ3) is 3.26. The highest BCUT2D eigenvalue weighted by atomic mass is 19.1. The van der Waals surface area contributed by atoms with Crippen LogP contribution in [0.15, 0.2) is 52.9 Å². The van der Waals surface area contributed by atoms with Crippen LogP contribution in [0, 0.1) is 5.82 Å². The fraction of sp³-hybridized carbons (Fsp3) is 0.235. The first-order valence-corrected chi connectivity index (χ1v) is 7.23. The summed E-state index contributed by atoms with van der Waals surface area (Å²) in [7, 11) is 0. The Hall–Kier alpha value is -2.40. The topological polar surface area (TPSA) is 47.3 Å². The average Bonchev–Trinajstić information content (AvgIpc) is 2.94. The van der Waals surface area contributed by atoms with Gasteiger partial charge < -0.3 is 14.5 Å². The van der Waals surface area contributed by atoms with E-state index in [-0.39, 0.29) is 11.9 Å². The second-order valence-corrected chi connectivity index (χ2v) is 4.87. The maximum absolute atomic E-state index is 13.2. The van der Waals surface area contributed by atoms with E-state index in [0.717, 1.165) is 5.56 Å². The summed E-state index contributed by atoms with van der Waals surface area (Å²) >= 11 is 0. The van der Waals surface area contributed by atoms with Crippen molar-refractivity contribution < 1.29 is 13.5 Å². The van der Waals surface area contributed by atoms with Crippen molar-refractivity contribution in [2.45, 2.75) is 13.0 Å². The molecule has 0 aliphatic carbocycles. The molecule has 1 unspecified atom stereocenters.